The smallest absolute Gasteiger partial charge is 0.344 e. The number of benzene rings is 2. The van der Waals surface area contributed by atoms with Crippen LogP contribution >= 0.6 is 22.6 Å². The molecule has 7 nitrogen and oxygen atoms in total. The summed E-state index contributed by atoms with van der Waals surface area (Å²) in [5.41, 5.74) is 1.14. The first kappa shape index (κ1) is 19.7. The fraction of sp³-hybridized carbons (Fsp3) is 0.167. The Morgan fingerprint density at radius 2 is 1.46 bits per heavy atom. The summed E-state index contributed by atoms with van der Waals surface area (Å²) in [6.45, 7) is 0.716. The van der Waals surface area contributed by atoms with E-state index in [0.29, 0.717) is 17.1 Å². The second-order valence-electron chi connectivity index (χ2n) is 5.21. The first-order chi connectivity index (χ1) is 12.4. The van der Waals surface area contributed by atoms with Crippen LogP contribution in [0.4, 0.5) is 11.4 Å². The van der Waals surface area contributed by atoms with Crippen molar-refractivity contribution in [1.82, 2.24) is 0 Å². The summed E-state index contributed by atoms with van der Waals surface area (Å²) in [5, 5.41) is 5.21. The topological polar surface area (TPSA) is 93.7 Å². The van der Waals surface area contributed by atoms with Gasteiger partial charge in [-0.3, -0.25) is 9.59 Å². The van der Waals surface area contributed by atoms with Gasteiger partial charge in [0.2, 0.25) is 5.91 Å². The predicted molar refractivity (Wildman–Crippen MR) is 105 cm³/mol. The Labute approximate surface area is 164 Å². The lowest BCUT2D eigenvalue weighted by molar-refractivity contribution is -0.149. The summed E-state index contributed by atoms with van der Waals surface area (Å²) in [4.78, 5) is 34.4. The Balaban J connectivity index is 1.71. The maximum absolute atomic E-state index is 11.8. The van der Waals surface area contributed by atoms with Gasteiger partial charge in [-0.15, -0.1) is 0 Å². The molecule has 0 heterocycles. The van der Waals surface area contributed by atoms with Gasteiger partial charge in [-0.1, -0.05) is 0 Å². The van der Waals surface area contributed by atoms with Crippen LogP contribution in [-0.4, -0.2) is 31.0 Å². The van der Waals surface area contributed by atoms with Crippen LogP contribution in [0.25, 0.3) is 0 Å². The quantitative estimate of drug-likeness (QED) is 0.482. The van der Waals surface area contributed by atoms with Crippen LogP contribution in [-0.2, 0) is 19.1 Å². The highest BCUT2D eigenvalue weighted by Crippen LogP contribution is 2.14. The number of esters is 1. The van der Waals surface area contributed by atoms with Crippen LogP contribution in [0, 0.1) is 3.57 Å². The zero-order valence-corrected chi connectivity index (χ0v) is 16.1. The van der Waals surface area contributed by atoms with Crippen molar-refractivity contribution in [3.63, 3.8) is 0 Å². The van der Waals surface area contributed by atoms with E-state index in [2.05, 4.69) is 33.2 Å². The Hall–Kier alpha value is -2.62. The highest BCUT2D eigenvalue weighted by molar-refractivity contribution is 14.1. The van der Waals surface area contributed by atoms with E-state index in [0.717, 1.165) is 3.57 Å². The molecule has 0 bridgehead atoms. The van der Waals surface area contributed by atoms with Gasteiger partial charge >= 0.3 is 5.97 Å². The molecule has 0 aliphatic carbocycles. The van der Waals surface area contributed by atoms with Crippen LogP contribution in [0.15, 0.2) is 48.5 Å². The highest BCUT2D eigenvalue weighted by Gasteiger charge is 2.09. The van der Waals surface area contributed by atoms with Gasteiger partial charge < -0.3 is 20.1 Å². The number of carbonyl (C=O) groups excluding carboxylic acids is 3. The van der Waals surface area contributed by atoms with E-state index in [1.165, 1.54) is 6.92 Å². The van der Waals surface area contributed by atoms with E-state index in [1.54, 1.807) is 36.4 Å². The second-order valence-corrected chi connectivity index (χ2v) is 6.46. The molecule has 2 aromatic carbocycles. The molecule has 26 heavy (non-hydrogen) atoms. The Morgan fingerprint density at radius 3 is 2.04 bits per heavy atom. The number of hydrogen-bond acceptors (Lipinski definition) is 5. The number of nitrogens with one attached hydrogen (secondary N) is 2. The van der Waals surface area contributed by atoms with Crippen molar-refractivity contribution < 1.29 is 23.9 Å². The van der Waals surface area contributed by atoms with Crippen molar-refractivity contribution in [2.75, 3.05) is 23.8 Å². The molecule has 0 atom stereocenters. The SMILES string of the molecule is CC(=O)Nc1ccc(NC(=O)COC(=O)COc2ccc(I)cc2)cc1. The molecule has 0 aromatic heterocycles. The van der Waals surface area contributed by atoms with E-state index in [9.17, 15) is 14.4 Å². The molecule has 0 fully saturated rings. The number of ether oxygens (including phenoxy) is 2. The van der Waals surface area contributed by atoms with Gasteiger partial charge in [0.1, 0.15) is 5.75 Å². The maximum atomic E-state index is 11.8. The summed E-state index contributed by atoms with van der Waals surface area (Å²) >= 11 is 2.16. The van der Waals surface area contributed by atoms with E-state index >= 15 is 0 Å². The highest BCUT2D eigenvalue weighted by atomic mass is 127. The number of carbonyl (C=O) groups is 3. The van der Waals surface area contributed by atoms with Crippen LogP contribution < -0.4 is 15.4 Å². The van der Waals surface area contributed by atoms with Crippen molar-refractivity contribution >= 4 is 51.7 Å². The zero-order chi connectivity index (χ0) is 18.9. The van der Waals surface area contributed by atoms with E-state index < -0.39 is 18.5 Å². The molecule has 0 radical (unpaired) electrons. The number of anilines is 2. The largest absolute Gasteiger partial charge is 0.482 e. The molecule has 0 saturated carbocycles. The normalized spacial score (nSPS) is 9.92. The van der Waals surface area contributed by atoms with Crippen molar-refractivity contribution in [3.05, 3.63) is 52.1 Å². The van der Waals surface area contributed by atoms with Gasteiger partial charge in [0.25, 0.3) is 5.91 Å². The Kier molecular flexibility index (Phi) is 7.39. The first-order valence-corrected chi connectivity index (χ1v) is 8.72. The standard InChI is InChI=1S/C18H17IN2O5/c1-12(22)20-14-4-6-15(7-5-14)21-17(23)10-26-18(24)11-25-16-8-2-13(19)3-9-16/h2-9H,10-11H2,1H3,(H,20,22)(H,21,23). The Bertz CT molecular complexity index is 775. The van der Waals surface area contributed by atoms with Crippen molar-refractivity contribution in [3.8, 4) is 5.75 Å². The van der Waals surface area contributed by atoms with Crippen molar-refractivity contribution in [1.29, 1.82) is 0 Å². The molecule has 0 aliphatic heterocycles. The van der Waals surface area contributed by atoms with E-state index in [1.807, 2.05) is 12.1 Å². The molecular weight excluding hydrogens is 451 g/mol. The molecule has 0 saturated heterocycles. The zero-order valence-electron chi connectivity index (χ0n) is 14.0. The van der Waals surface area contributed by atoms with Gasteiger partial charge in [0.05, 0.1) is 0 Å². The third kappa shape index (κ3) is 7.09. The van der Waals surface area contributed by atoms with Gasteiger partial charge in [-0.2, -0.15) is 0 Å². The van der Waals surface area contributed by atoms with Crippen LogP contribution in [0.3, 0.4) is 0 Å². The lowest BCUT2D eigenvalue weighted by Gasteiger charge is -2.08. The summed E-state index contributed by atoms with van der Waals surface area (Å²) < 4.78 is 11.2. The minimum Gasteiger partial charge on any atom is -0.482 e. The van der Waals surface area contributed by atoms with Gasteiger partial charge in [-0.05, 0) is 71.1 Å². The molecule has 136 valence electrons. The third-order valence-corrected chi connectivity index (χ3v) is 3.74. The van der Waals surface area contributed by atoms with Gasteiger partial charge in [0, 0.05) is 21.9 Å². The lowest BCUT2D eigenvalue weighted by atomic mass is 10.2. The molecule has 8 heteroatoms. The summed E-state index contributed by atoms with van der Waals surface area (Å²) in [6, 6.07) is 13.8. The fourth-order valence-corrected chi connectivity index (χ4v) is 2.26. The molecule has 2 aromatic rings. The average Bonchev–Trinajstić information content (AvgIpc) is 2.61. The summed E-state index contributed by atoms with van der Waals surface area (Å²) in [7, 11) is 0. The first-order valence-electron chi connectivity index (χ1n) is 7.64. The molecule has 0 spiro atoms. The van der Waals surface area contributed by atoms with Crippen LogP contribution in [0.5, 0.6) is 5.75 Å². The predicted octanol–water partition coefficient (Wildman–Crippen LogP) is 2.81. The minimum atomic E-state index is -0.639. The average molecular weight is 468 g/mol. The number of hydrogen-bond donors (Lipinski definition) is 2. The van der Waals surface area contributed by atoms with Crippen molar-refractivity contribution in [2.45, 2.75) is 6.92 Å². The lowest BCUT2D eigenvalue weighted by Crippen LogP contribution is -2.23. The van der Waals surface area contributed by atoms with Gasteiger partial charge in [-0.25, -0.2) is 4.79 Å². The molecule has 2 amide bonds. The molecule has 2 rings (SSSR count). The molecule has 2 N–H and O–H groups in total. The van der Waals surface area contributed by atoms with E-state index in [-0.39, 0.29) is 12.5 Å². The second kappa shape index (κ2) is 9.76. The van der Waals surface area contributed by atoms with Gasteiger partial charge in [0.15, 0.2) is 13.2 Å². The third-order valence-electron chi connectivity index (χ3n) is 3.02. The molecular formula is C18H17IN2O5. The summed E-state index contributed by atoms with van der Waals surface area (Å²) in [6.07, 6.45) is 0. The van der Waals surface area contributed by atoms with Crippen molar-refractivity contribution in [2.24, 2.45) is 0 Å². The monoisotopic (exact) mass is 468 g/mol. The Morgan fingerprint density at radius 1 is 0.885 bits per heavy atom. The fourth-order valence-electron chi connectivity index (χ4n) is 1.90. The van der Waals surface area contributed by atoms with Crippen LogP contribution in [0.1, 0.15) is 6.92 Å². The van der Waals surface area contributed by atoms with Crippen LogP contribution in [0.2, 0.25) is 0 Å². The number of amides is 2. The summed E-state index contributed by atoms with van der Waals surface area (Å²) in [5.74, 6) is -0.744. The molecule has 0 unspecified atom stereocenters. The molecule has 0 aliphatic rings. The minimum absolute atomic E-state index is 0.179. The number of halogens is 1. The maximum Gasteiger partial charge on any atom is 0.344 e. The number of rotatable bonds is 7. The van der Waals surface area contributed by atoms with E-state index in [4.69, 9.17) is 9.47 Å².